The van der Waals surface area contributed by atoms with Gasteiger partial charge in [0.1, 0.15) is 5.82 Å². The summed E-state index contributed by atoms with van der Waals surface area (Å²) in [6.45, 7) is 2.40. The third kappa shape index (κ3) is 1.99. The molecule has 5 heteroatoms. The molecular weight excluding hydrogens is 305 g/mol. The van der Waals surface area contributed by atoms with E-state index >= 15 is 0 Å². The first kappa shape index (κ1) is 14.6. The molecule has 0 spiro atoms. The smallest absolute Gasteiger partial charge is 0.201 e. The Morgan fingerprint density at radius 1 is 1.00 bits per heavy atom. The largest absolute Gasteiger partial charge is 0.505 e. The lowest BCUT2D eigenvalue weighted by Gasteiger charge is -2.31. The van der Waals surface area contributed by atoms with E-state index in [1.54, 1.807) is 12.1 Å². The number of hydrogen-bond acceptors (Lipinski definition) is 2. The Kier molecular flexibility index (Phi) is 3.17. The number of benzene rings is 2. The molecule has 2 aliphatic rings. The van der Waals surface area contributed by atoms with Crippen LogP contribution in [0.1, 0.15) is 31.2 Å². The molecule has 2 nitrogen and oxygen atoms in total. The van der Waals surface area contributed by atoms with Crippen LogP contribution in [0.25, 0.3) is 22.3 Å². The van der Waals surface area contributed by atoms with Gasteiger partial charge >= 0.3 is 0 Å². The quantitative estimate of drug-likeness (QED) is 0.702. The lowest BCUT2D eigenvalue weighted by molar-refractivity contribution is 0.0148. The number of hydrogen-bond donors (Lipinski definition) is 1. The first-order chi connectivity index (χ1) is 11.0. The second-order valence-corrected chi connectivity index (χ2v) is 6.26. The maximum atomic E-state index is 14.9. The lowest BCUT2D eigenvalue weighted by Crippen LogP contribution is -2.23. The predicted molar refractivity (Wildman–Crippen MR) is 79.8 cm³/mol. The number of rotatable bonds is 1. The normalized spacial score (nSPS) is 22.3. The van der Waals surface area contributed by atoms with Crippen LogP contribution in [0.2, 0.25) is 0 Å². The first-order valence-electron chi connectivity index (χ1n) is 7.64. The Bertz CT molecular complexity index is 809. The highest BCUT2D eigenvalue weighted by Gasteiger charge is 2.35. The molecule has 2 atom stereocenters. The minimum atomic E-state index is -1.34. The van der Waals surface area contributed by atoms with Crippen LogP contribution in [0, 0.1) is 17.5 Å². The van der Waals surface area contributed by atoms with Crippen LogP contribution in [0.5, 0.6) is 5.75 Å². The lowest BCUT2D eigenvalue weighted by atomic mass is 9.77. The first-order valence-corrected chi connectivity index (χ1v) is 7.64. The van der Waals surface area contributed by atoms with E-state index in [0.717, 1.165) is 18.9 Å². The minimum absolute atomic E-state index is 0.0782. The Morgan fingerprint density at radius 2 is 1.74 bits per heavy atom. The maximum Gasteiger partial charge on any atom is 0.201 e. The summed E-state index contributed by atoms with van der Waals surface area (Å²) in [6, 6.07) is 4.52. The maximum absolute atomic E-state index is 14.9. The number of phenols is 1. The molecule has 1 saturated heterocycles. The van der Waals surface area contributed by atoms with Crippen molar-refractivity contribution in [3.8, 4) is 28.0 Å². The van der Waals surface area contributed by atoms with Crippen LogP contribution in [-0.2, 0) is 4.74 Å². The number of phenolic OH excluding ortho intramolecular Hbond substituents is 1. The van der Waals surface area contributed by atoms with E-state index in [9.17, 15) is 18.3 Å². The molecule has 2 unspecified atom stereocenters. The molecule has 2 aromatic carbocycles. The van der Waals surface area contributed by atoms with Gasteiger partial charge in [-0.15, -0.1) is 0 Å². The van der Waals surface area contributed by atoms with E-state index < -0.39 is 23.2 Å². The van der Waals surface area contributed by atoms with Crippen molar-refractivity contribution >= 4 is 0 Å². The molecule has 4 rings (SSSR count). The summed E-state index contributed by atoms with van der Waals surface area (Å²) in [5.74, 6) is -3.88. The van der Waals surface area contributed by atoms with Crippen molar-refractivity contribution in [1.29, 1.82) is 0 Å². The molecule has 1 fully saturated rings. The van der Waals surface area contributed by atoms with Crippen molar-refractivity contribution in [1.82, 2.24) is 0 Å². The predicted octanol–water partition coefficient (Wildman–Crippen LogP) is 4.74. The third-order valence-electron chi connectivity index (χ3n) is 4.84. The van der Waals surface area contributed by atoms with Gasteiger partial charge in [-0.2, -0.15) is 4.39 Å². The van der Waals surface area contributed by atoms with Crippen molar-refractivity contribution in [3.05, 3.63) is 41.2 Å². The Balaban J connectivity index is 1.79. The molecule has 120 valence electrons. The van der Waals surface area contributed by atoms with E-state index in [1.165, 1.54) is 0 Å². The van der Waals surface area contributed by atoms with E-state index in [-0.39, 0.29) is 23.1 Å². The van der Waals surface area contributed by atoms with E-state index in [1.807, 2.05) is 6.92 Å². The molecule has 0 bridgehead atoms. The van der Waals surface area contributed by atoms with Gasteiger partial charge in [-0.1, -0.05) is 12.1 Å². The summed E-state index contributed by atoms with van der Waals surface area (Å²) in [6.07, 6.45) is 1.81. The molecule has 2 aromatic rings. The molecule has 0 saturated carbocycles. The number of ether oxygens (including phenoxy) is 1. The van der Waals surface area contributed by atoms with Crippen LogP contribution in [-0.4, -0.2) is 17.8 Å². The van der Waals surface area contributed by atoms with Gasteiger partial charge in [0, 0.05) is 17.0 Å². The van der Waals surface area contributed by atoms with Crippen molar-refractivity contribution in [2.45, 2.75) is 31.8 Å². The van der Waals surface area contributed by atoms with Crippen molar-refractivity contribution in [2.75, 3.05) is 6.61 Å². The van der Waals surface area contributed by atoms with Crippen LogP contribution < -0.4 is 0 Å². The average Bonchev–Trinajstić information content (AvgIpc) is 2.52. The van der Waals surface area contributed by atoms with Gasteiger partial charge in [0.25, 0.3) is 0 Å². The van der Waals surface area contributed by atoms with Crippen LogP contribution in [0.3, 0.4) is 0 Å². The molecule has 0 amide bonds. The number of aromatic hydroxyl groups is 1. The zero-order chi connectivity index (χ0) is 16.3. The molecule has 1 aliphatic carbocycles. The standard InChI is InChI=1S/C18H15F3O2/c1-8-2-3-9(7-23-8)10-4-5-11-12-6-13(22)17(20)18(21)15(12)14(11)16(10)19/h4-6,8-9,22H,2-3,7H2,1H3. The second-order valence-electron chi connectivity index (χ2n) is 6.26. The van der Waals surface area contributed by atoms with E-state index in [2.05, 4.69) is 0 Å². The van der Waals surface area contributed by atoms with Crippen LogP contribution >= 0.6 is 0 Å². The molecule has 1 N–H and O–H groups in total. The fourth-order valence-electron chi connectivity index (χ4n) is 3.51. The zero-order valence-corrected chi connectivity index (χ0v) is 12.5. The zero-order valence-electron chi connectivity index (χ0n) is 12.5. The van der Waals surface area contributed by atoms with Crippen LogP contribution in [0.4, 0.5) is 13.2 Å². The summed E-state index contributed by atoms with van der Waals surface area (Å²) in [5.41, 5.74) is 1.34. The average molecular weight is 320 g/mol. The topological polar surface area (TPSA) is 29.5 Å². The summed E-state index contributed by atoms with van der Waals surface area (Å²) in [7, 11) is 0. The molecule has 0 aromatic heterocycles. The van der Waals surface area contributed by atoms with E-state index in [0.29, 0.717) is 23.3 Å². The van der Waals surface area contributed by atoms with Gasteiger partial charge < -0.3 is 9.84 Å². The summed E-state index contributed by atoms with van der Waals surface area (Å²) < 4.78 is 48.1. The SMILES string of the molecule is CC1CCC(c2ccc3c(c2F)-c2c-3cc(O)c(F)c2F)CO1. The summed E-state index contributed by atoms with van der Waals surface area (Å²) >= 11 is 0. The Hall–Kier alpha value is -2.01. The number of halogens is 3. The highest BCUT2D eigenvalue weighted by Crippen LogP contribution is 2.53. The molecular formula is C18H15F3O2. The van der Waals surface area contributed by atoms with Gasteiger partial charge in [-0.05, 0) is 42.5 Å². The number of fused-ring (bicyclic) bond motifs is 4. The molecule has 23 heavy (non-hydrogen) atoms. The summed E-state index contributed by atoms with van der Waals surface area (Å²) in [5, 5.41) is 9.39. The fourth-order valence-corrected chi connectivity index (χ4v) is 3.51. The summed E-state index contributed by atoms with van der Waals surface area (Å²) in [4.78, 5) is 0. The van der Waals surface area contributed by atoms with Gasteiger partial charge in [-0.3, -0.25) is 0 Å². The van der Waals surface area contributed by atoms with Crippen LogP contribution in [0.15, 0.2) is 18.2 Å². The minimum Gasteiger partial charge on any atom is -0.505 e. The Labute approximate surface area is 131 Å². The van der Waals surface area contributed by atoms with Gasteiger partial charge in [0.2, 0.25) is 5.82 Å². The van der Waals surface area contributed by atoms with Gasteiger partial charge in [0.15, 0.2) is 11.6 Å². The monoisotopic (exact) mass is 320 g/mol. The Morgan fingerprint density at radius 3 is 2.43 bits per heavy atom. The van der Waals surface area contributed by atoms with E-state index in [4.69, 9.17) is 4.74 Å². The van der Waals surface area contributed by atoms with Crippen molar-refractivity contribution in [3.63, 3.8) is 0 Å². The molecule has 1 aliphatic heterocycles. The van der Waals surface area contributed by atoms with Crippen molar-refractivity contribution in [2.24, 2.45) is 0 Å². The molecule has 0 radical (unpaired) electrons. The van der Waals surface area contributed by atoms with Crippen molar-refractivity contribution < 1.29 is 23.0 Å². The third-order valence-corrected chi connectivity index (χ3v) is 4.84. The van der Waals surface area contributed by atoms with Gasteiger partial charge in [0.05, 0.1) is 12.7 Å². The highest BCUT2D eigenvalue weighted by atomic mass is 19.2. The second kappa shape index (κ2) is 4.99. The fraction of sp³-hybridized carbons (Fsp3) is 0.333. The van der Waals surface area contributed by atoms with Gasteiger partial charge in [-0.25, -0.2) is 8.78 Å². The molecule has 1 heterocycles. The highest BCUT2D eigenvalue weighted by molar-refractivity contribution is 6.03.